The lowest BCUT2D eigenvalue weighted by atomic mass is 9.92. The molecule has 0 aromatic heterocycles. The van der Waals surface area contributed by atoms with Gasteiger partial charge in [-0.25, -0.2) is 0 Å². The Morgan fingerprint density at radius 2 is 1.87 bits per heavy atom. The van der Waals surface area contributed by atoms with Gasteiger partial charge >= 0.3 is 0 Å². The molecule has 2 unspecified atom stereocenters. The fourth-order valence-electron chi connectivity index (χ4n) is 3.27. The largest absolute Gasteiger partial charge is 0.454 e. The summed E-state index contributed by atoms with van der Waals surface area (Å²) in [4.78, 5) is 26.3. The zero-order valence-corrected chi connectivity index (χ0v) is 13.5. The fraction of sp³-hybridized carbons (Fsp3) is 0.529. The Morgan fingerprint density at radius 3 is 2.61 bits per heavy atom. The van der Waals surface area contributed by atoms with Gasteiger partial charge in [0.15, 0.2) is 11.5 Å². The van der Waals surface area contributed by atoms with Crippen LogP contribution in [0.5, 0.6) is 11.5 Å². The Bertz CT molecular complexity index is 607. The SMILES string of the molecule is CC1CC(C)CN(C(=O)CNC(=O)c2ccc3c(c2)OCO3)C1. The van der Waals surface area contributed by atoms with Crippen LogP contribution in [-0.2, 0) is 4.79 Å². The molecule has 0 bridgehead atoms. The van der Waals surface area contributed by atoms with E-state index in [1.807, 2.05) is 4.90 Å². The summed E-state index contributed by atoms with van der Waals surface area (Å²) >= 11 is 0. The molecule has 1 N–H and O–H groups in total. The molecule has 2 atom stereocenters. The third kappa shape index (κ3) is 3.57. The van der Waals surface area contributed by atoms with Gasteiger partial charge in [-0.05, 0) is 36.5 Å². The third-order valence-electron chi connectivity index (χ3n) is 4.26. The number of hydrogen-bond acceptors (Lipinski definition) is 4. The predicted molar refractivity (Wildman–Crippen MR) is 84.4 cm³/mol. The summed E-state index contributed by atoms with van der Waals surface area (Å²) in [5.74, 6) is 1.89. The molecule has 2 amide bonds. The fourth-order valence-corrected chi connectivity index (χ4v) is 3.27. The molecule has 1 aromatic carbocycles. The van der Waals surface area contributed by atoms with Gasteiger partial charge in [0.25, 0.3) is 5.91 Å². The molecule has 0 saturated carbocycles. The van der Waals surface area contributed by atoms with Gasteiger partial charge in [0.2, 0.25) is 12.7 Å². The van der Waals surface area contributed by atoms with E-state index in [-0.39, 0.29) is 25.2 Å². The average molecular weight is 318 g/mol. The maximum absolute atomic E-state index is 12.3. The van der Waals surface area contributed by atoms with Gasteiger partial charge in [-0.1, -0.05) is 13.8 Å². The van der Waals surface area contributed by atoms with Gasteiger partial charge < -0.3 is 19.7 Å². The van der Waals surface area contributed by atoms with Crippen molar-refractivity contribution >= 4 is 11.8 Å². The van der Waals surface area contributed by atoms with E-state index in [1.54, 1.807) is 18.2 Å². The van der Waals surface area contributed by atoms with Crippen molar-refractivity contribution in [2.24, 2.45) is 11.8 Å². The first kappa shape index (κ1) is 15.6. The molecule has 2 aliphatic heterocycles. The van der Waals surface area contributed by atoms with Crippen molar-refractivity contribution in [2.45, 2.75) is 20.3 Å². The number of amides is 2. The third-order valence-corrected chi connectivity index (χ3v) is 4.26. The summed E-state index contributed by atoms with van der Waals surface area (Å²) in [5.41, 5.74) is 0.461. The second-order valence-electron chi connectivity index (χ2n) is 6.50. The van der Waals surface area contributed by atoms with Crippen LogP contribution in [0.3, 0.4) is 0 Å². The van der Waals surface area contributed by atoms with E-state index in [0.29, 0.717) is 28.9 Å². The Labute approximate surface area is 135 Å². The van der Waals surface area contributed by atoms with Crippen LogP contribution in [0.15, 0.2) is 18.2 Å². The molecule has 1 saturated heterocycles. The highest BCUT2D eigenvalue weighted by atomic mass is 16.7. The van der Waals surface area contributed by atoms with E-state index in [2.05, 4.69) is 19.2 Å². The number of ether oxygens (including phenoxy) is 2. The maximum atomic E-state index is 12.3. The van der Waals surface area contributed by atoms with Gasteiger partial charge in [-0.3, -0.25) is 9.59 Å². The Kier molecular flexibility index (Phi) is 4.41. The molecule has 0 radical (unpaired) electrons. The van der Waals surface area contributed by atoms with Gasteiger partial charge in [-0.2, -0.15) is 0 Å². The van der Waals surface area contributed by atoms with Crippen molar-refractivity contribution in [1.82, 2.24) is 10.2 Å². The van der Waals surface area contributed by atoms with Crippen LogP contribution in [0.4, 0.5) is 0 Å². The van der Waals surface area contributed by atoms with Crippen LogP contribution < -0.4 is 14.8 Å². The summed E-state index contributed by atoms with van der Waals surface area (Å²) in [6, 6.07) is 5.00. The first-order chi connectivity index (χ1) is 11.0. The number of nitrogens with zero attached hydrogens (tertiary/aromatic N) is 1. The molecule has 23 heavy (non-hydrogen) atoms. The van der Waals surface area contributed by atoms with E-state index in [9.17, 15) is 9.59 Å². The molecule has 2 aliphatic rings. The van der Waals surface area contributed by atoms with Crippen LogP contribution in [-0.4, -0.2) is 43.1 Å². The Hall–Kier alpha value is -2.24. The summed E-state index contributed by atoms with van der Waals surface area (Å²) < 4.78 is 10.5. The molecule has 1 aromatic rings. The van der Waals surface area contributed by atoms with Crippen LogP contribution in [0, 0.1) is 11.8 Å². The lowest BCUT2D eigenvalue weighted by Crippen LogP contribution is -2.46. The highest BCUT2D eigenvalue weighted by Gasteiger charge is 2.25. The second-order valence-corrected chi connectivity index (χ2v) is 6.50. The van der Waals surface area contributed by atoms with Crippen molar-refractivity contribution in [1.29, 1.82) is 0 Å². The standard InChI is InChI=1S/C17H22N2O4/c1-11-5-12(2)9-19(8-11)16(20)7-18-17(21)13-3-4-14-15(6-13)23-10-22-14/h3-4,6,11-12H,5,7-10H2,1-2H3,(H,18,21). The minimum absolute atomic E-state index is 0.0206. The molecule has 6 nitrogen and oxygen atoms in total. The molecular formula is C17H22N2O4. The molecule has 0 aliphatic carbocycles. The molecule has 124 valence electrons. The van der Waals surface area contributed by atoms with E-state index in [4.69, 9.17) is 9.47 Å². The van der Waals surface area contributed by atoms with E-state index >= 15 is 0 Å². The minimum Gasteiger partial charge on any atom is -0.454 e. The lowest BCUT2D eigenvalue weighted by Gasteiger charge is -2.35. The number of likely N-dealkylation sites (tertiary alicyclic amines) is 1. The Morgan fingerprint density at radius 1 is 1.17 bits per heavy atom. The summed E-state index contributed by atoms with van der Waals surface area (Å²) in [6.07, 6.45) is 1.15. The zero-order chi connectivity index (χ0) is 16.4. The highest BCUT2D eigenvalue weighted by molar-refractivity contribution is 5.97. The predicted octanol–water partition coefficient (Wildman–Crippen LogP) is 1.65. The summed E-state index contributed by atoms with van der Waals surface area (Å²) in [5, 5.41) is 2.69. The van der Waals surface area contributed by atoms with E-state index in [0.717, 1.165) is 19.5 Å². The maximum Gasteiger partial charge on any atom is 0.251 e. The first-order valence-electron chi connectivity index (χ1n) is 7.98. The number of benzene rings is 1. The minimum atomic E-state index is -0.283. The number of nitrogens with one attached hydrogen (secondary N) is 1. The monoisotopic (exact) mass is 318 g/mol. The quantitative estimate of drug-likeness (QED) is 0.920. The molecule has 3 rings (SSSR count). The number of carbonyl (C=O) groups is 2. The van der Waals surface area contributed by atoms with Gasteiger partial charge in [0.05, 0.1) is 6.54 Å². The summed E-state index contributed by atoms with van der Waals surface area (Å²) in [6.45, 7) is 6.03. The van der Waals surface area contributed by atoms with Gasteiger partial charge in [0.1, 0.15) is 0 Å². The molecule has 6 heteroatoms. The van der Waals surface area contributed by atoms with Crippen LogP contribution in [0.2, 0.25) is 0 Å². The van der Waals surface area contributed by atoms with Gasteiger partial charge in [0, 0.05) is 18.7 Å². The molecular weight excluding hydrogens is 296 g/mol. The van der Waals surface area contributed by atoms with Crippen molar-refractivity contribution < 1.29 is 19.1 Å². The lowest BCUT2D eigenvalue weighted by molar-refractivity contribution is -0.132. The topological polar surface area (TPSA) is 67.9 Å². The second kappa shape index (κ2) is 6.48. The number of hydrogen-bond donors (Lipinski definition) is 1. The number of piperidine rings is 1. The van der Waals surface area contributed by atoms with Crippen LogP contribution in [0.1, 0.15) is 30.6 Å². The zero-order valence-electron chi connectivity index (χ0n) is 13.5. The molecule has 1 fully saturated rings. The van der Waals surface area contributed by atoms with Crippen molar-refractivity contribution in [3.05, 3.63) is 23.8 Å². The number of rotatable bonds is 3. The molecule has 2 heterocycles. The first-order valence-corrected chi connectivity index (χ1v) is 7.98. The van der Waals surface area contributed by atoms with E-state index < -0.39 is 0 Å². The van der Waals surface area contributed by atoms with Gasteiger partial charge in [-0.15, -0.1) is 0 Å². The van der Waals surface area contributed by atoms with Crippen LogP contribution >= 0.6 is 0 Å². The van der Waals surface area contributed by atoms with Crippen LogP contribution in [0.25, 0.3) is 0 Å². The number of carbonyl (C=O) groups excluding carboxylic acids is 2. The van der Waals surface area contributed by atoms with E-state index in [1.165, 1.54) is 0 Å². The average Bonchev–Trinajstić information content (AvgIpc) is 2.98. The van der Waals surface area contributed by atoms with Crippen molar-refractivity contribution in [2.75, 3.05) is 26.4 Å². The van der Waals surface area contributed by atoms with Crippen molar-refractivity contribution in [3.8, 4) is 11.5 Å². The Balaban J connectivity index is 1.55. The van der Waals surface area contributed by atoms with Crippen molar-refractivity contribution in [3.63, 3.8) is 0 Å². The number of fused-ring (bicyclic) bond motifs is 1. The summed E-state index contributed by atoms with van der Waals surface area (Å²) in [7, 11) is 0. The smallest absolute Gasteiger partial charge is 0.251 e. The highest BCUT2D eigenvalue weighted by Crippen LogP contribution is 2.32. The molecule has 0 spiro atoms. The normalized spacial score (nSPS) is 22.8.